The number of imidazole rings is 1. The van der Waals surface area contributed by atoms with Crippen molar-refractivity contribution < 1.29 is 24.1 Å². The maximum Gasteiger partial charge on any atom is 0.296 e. The molecule has 2 aromatic heterocycles. The number of ether oxygens (including phenoxy) is 2. The Hall–Kier alpha value is -2.26. The van der Waals surface area contributed by atoms with E-state index in [0.29, 0.717) is 33.9 Å². The highest BCUT2D eigenvalue weighted by Crippen LogP contribution is 2.30. The molecule has 3 N–H and O–H groups in total. The van der Waals surface area contributed by atoms with E-state index < -0.39 is 18.3 Å². The van der Waals surface area contributed by atoms with Crippen molar-refractivity contribution in [2.24, 2.45) is 0 Å². The quantitative estimate of drug-likeness (QED) is 0.629. The van der Waals surface area contributed by atoms with Gasteiger partial charge in [0.05, 0.1) is 35.6 Å². The molecule has 9 heteroatoms. The minimum absolute atomic E-state index is 0.230. The van der Waals surface area contributed by atoms with Gasteiger partial charge in [-0.15, -0.1) is 0 Å². The molecular weight excluding hydrogens is 377 g/mol. The molecule has 0 aliphatic carbocycles. The van der Waals surface area contributed by atoms with Crippen LogP contribution < -0.4 is 4.74 Å². The largest absolute Gasteiger partial charge is 0.459 e. The Balaban J connectivity index is 1.57. The van der Waals surface area contributed by atoms with Crippen molar-refractivity contribution in [2.45, 2.75) is 24.7 Å². The first kappa shape index (κ1) is 18.1. The van der Waals surface area contributed by atoms with E-state index >= 15 is 0 Å². The van der Waals surface area contributed by atoms with E-state index in [1.54, 1.807) is 18.2 Å². The van der Waals surface area contributed by atoms with Crippen LogP contribution in [0.2, 0.25) is 5.02 Å². The Morgan fingerprint density at radius 1 is 1.30 bits per heavy atom. The summed E-state index contributed by atoms with van der Waals surface area (Å²) in [6, 6.07) is 7.77. The number of hydrogen-bond donors (Lipinski definition) is 3. The number of aromatic amines is 1. The van der Waals surface area contributed by atoms with Crippen LogP contribution in [0.4, 0.5) is 4.39 Å². The topological polar surface area (TPSA) is 100 Å². The first-order chi connectivity index (χ1) is 13.0. The van der Waals surface area contributed by atoms with Crippen molar-refractivity contribution in [3.8, 4) is 17.3 Å². The number of nitrogens with one attached hydrogen (secondary N) is 1. The first-order valence-electron chi connectivity index (χ1n) is 8.43. The van der Waals surface area contributed by atoms with Gasteiger partial charge in [-0.25, -0.2) is 9.37 Å². The fourth-order valence-electron chi connectivity index (χ4n) is 3.01. The molecule has 3 heterocycles. The maximum atomic E-state index is 13.1. The van der Waals surface area contributed by atoms with Crippen molar-refractivity contribution in [2.75, 3.05) is 13.2 Å². The lowest BCUT2D eigenvalue weighted by Gasteiger charge is -2.31. The van der Waals surface area contributed by atoms with Gasteiger partial charge in [0.1, 0.15) is 18.0 Å². The Labute approximate surface area is 158 Å². The van der Waals surface area contributed by atoms with Crippen LogP contribution in [0.15, 0.2) is 30.3 Å². The molecule has 1 fully saturated rings. The molecule has 0 bridgehead atoms. The standard InChI is InChI=1S/C18H17ClFN3O4/c19-12-6-13-17(22-16(12)9-1-3-10(20)4-2-9)23-18(21-13)27-11-5-14(25)15(7-24)26-8-11/h1-4,6,11,14-15,24-25H,5,7-8H2,(H,21,22,23). The second-order valence-electron chi connectivity index (χ2n) is 6.34. The van der Waals surface area contributed by atoms with E-state index in [0.717, 1.165) is 0 Å². The fraction of sp³-hybridized carbons (Fsp3) is 0.333. The molecule has 0 amide bonds. The lowest BCUT2D eigenvalue weighted by molar-refractivity contribution is -0.131. The first-order valence-corrected chi connectivity index (χ1v) is 8.80. The van der Waals surface area contributed by atoms with Gasteiger partial charge >= 0.3 is 0 Å². The van der Waals surface area contributed by atoms with Crippen LogP contribution in [0.1, 0.15) is 6.42 Å². The summed E-state index contributed by atoms with van der Waals surface area (Å²) in [6.07, 6.45) is -1.50. The van der Waals surface area contributed by atoms with Crippen molar-refractivity contribution >= 4 is 22.8 Å². The molecule has 4 rings (SSSR count). The second-order valence-corrected chi connectivity index (χ2v) is 6.74. The van der Waals surface area contributed by atoms with Crippen LogP contribution in [0.25, 0.3) is 22.4 Å². The van der Waals surface area contributed by atoms with Gasteiger partial charge in [-0.1, -0.05) is 11.6 Å². The summed E-state index contributed by atoms with van der Waals surface area (Å²) < 4.78 is 24.2. The number of rotatable bonds is 4. The third kappa shape index (κ3) is 3.74. The minimum Gasteiger partial charge on any atom is -0.459 e. The Kier molecular flexibility index (Phi) is 4.96. The smallest absolute Gasteiger partial charge is 0.296 e. The molecule has 142 valence electrons. The zero-order valence-electron chi connectivity index (χ0n) is 14.1. The summed E-state index contributed by atoms with van der Waals surface area (Å²) >= 11 is 6.31. The predicted molar refractivity (Wildman–Crippen MR) is 96.2 cm³/mol. The molecule has 3 aromatic rings. The van der Waals surface area contributed by atoms with Crippen LogP contribution in [0.5, 0.6) is 6.01 Å². The lowest BCUT2D eigenvalue weighted by atomic mass is 10.0. The van der Waals surface area contributed by atoms with Crippen molar-refractivity contribution in [3.63, 3.8) is 0 Å². The highest BCUT2D eigenvalue weighted by molar-refractivity contribution is 6.33. The van der Waals surface area contributed by atoms with Crippen LogP contribution >= 0.6 is 11.6 Å². The molecule has 7 nitrogen and oxygen atoms in total. The van der Waals surface area contributed by atoms with E-state index in [1.807, 2.05) is 0 Å². The molecule has 1 aliphatic heterocycles. The average molecular weight is 394 g/mol. The van der Waals surface area contributed by atoms with Gasteiger partial charge in [0, 0.05) is 12.0 Å². The summed E-state index contributed by atoms with van der Waals surface area (Å²) in [5, 5.41) is 19.4. The van der Waals surface area contributed by atoms with E-state index in [4.69, 9.17) is 26.2 Å². The van der Waals surface area contributed by atoms with Gasteiger partial charge in [0.25, 0.3) is 6.01 Å². The zero-order chi connectivity index (χ0) is 19.0. The number of aliphatic hydroxyl groups is 2. The van der Waals surface area contributed by atoms with Gasteiger partial charge in [0.2, 0.25) is 0 Å². The number of fused-ring (bicyclic) bond motifs is 1. The minimum atomic E-state index is -0.809. The van der Waals surface area contributed by atoms with Gasteiger partial charge in [0.15, 0.2) is 5.65 Å². The van der Waals surface area contributed by atoms with Crippen LogP contribution in [-0.2, 0) is 4.74 Å². The third-order valence-electron chi connectivity index (χ3n) is 4.41. The number of aromatic nitrogens is 3. The fourth-order valence-corrected chi connectivity index (χ4v) is 3.27. The Bertz CT molecular complexity index is 950. The van der Waals surface area contributed by atoms with E-state index in [-0.39, 0.29) is 25.0 Å². The van der Waals surface area contributed by atoms with Crippen molar-refractivity contribution in [3.05, 3.63) is 41.2 Å². The molecule has 1 saturated heterocycles. The van der Waals surface area contributed by atoms with Gasteiger partial charge in [-0.3, -0.25) is 0 Å². The van der Waals surface area contributed by atoms with Gasteiger partial charge in [-0.05, 0) is 30.3 Å². The SMILES string of the molecule is OCC1OCC(Oc2nc3nc(-c4ccc(F)cc4)c(Cl)cc3[nH]2)CC1O. The molecule has 0 spiro atoms. The monoisotopic (exact) mass is 393 g/mol. The zero-order valence-corrected chi connectivity index (χ0v) is 14.9. The van der Waals surface area contributed by atoms with Crippen LogP contribution in [-0.4, -0.2) is 56.7 Å². The second kappa shape index (κ2) is 7.40. The van der Waals surface area contributed by atoms with Crippen molar-refractivity contribution in [1.29, 1.82) is 0 Å². The molecule has 1 aromatic carbocycles. The molecule has 0 radical (unpaired) electrons. The summed E-state index contributed by atoms with van der Waals surface area (Å²) in [6.45, 7) is -0.0124. The summed E-state index contributed by atoms with van der Waals surface area (Å²) in [7, 11) is 0. The maximum absolute atomic E-state index is 13.1. The predicted octanol–water partition coefficient (Wildman–Crippen LogP) is 2.31. The number of H-pyrrole nitrogens is 1. The molecule has 27 heavy (non-hydrogen) atoms. The number of benzene rings is 1. The summed E-state index contributed by atoms with van der Waals surface area (Å²) in [5.74, 6) is -0.341. The van der Waals surface area contributed by atoms with E-state index in [9.17, 15) is 9.50 Å². The lowest BCUT2D eigenvalue weighted by Crippen LogP contribution is -2.45. The molecule has 3 atom stereocenters. The highest BCUT2D eigenvalue weighted by Gasteiger charge is 2.31. The number of nitrogens with zero attached hydrogens (tertiary/aromatic N) is 2. The number of pyridine rings is 1. The average Bonchev–Trinajstić information content (AvgIpc) is 3.03. The summed E-state index contributed by atoms with van der Waals surface area (Å²) in [4.78, 5) is 11.7. The number of aliphatic hydroxyl groups excluding tert-OH is 2. The molecular formula is C18H17ClFN3O4. The highest BCUT2D eigenvalue weighted by atomic mass is 35.5. The summed E-state index contributed by atoms with van der Waals surface area (Å²) in [5.41, 5.74) is 2.16. The van der Waals surface area contributed by atoms with E-state index in [2.05, 4.69) is 15.0 Å². The number of halogens is 2. The van der Waals surface area contributed by atoms with Gasteiger partial charge < -0.3 is 24.7 Å². The van der Waals surface area contributed by atoms with Crippen molar-refractivity contribution in [1.82, 2.24) is 15.0 Å². The Morgan fingerprint density at radius 3 is 2.78 bits per heavy atom. The molecule has 0 saturated carbocycles. The Morgan fingerprint density at radius 2 is 2.07 bits per heavy atom. The normalized spacial score (nSPS) is 22.9. The number of hydrogen-bond acceptors (Lipinski definition) is 6. The van der Waals surface area contributed by atoms with Gasteiger partial charge in [-0.2, -0.15) is 4.98 Å². The third-order valence-corrected chi connectivity index (χ3v) is 4.70. The molecule has 3 unspecified atom stereocenters. The van der Waals surface area contributed by atoms with Crippen LogP contribution in [0, 0.1) is 5.82 Å². The van der Waals surface area contributed by atoms with Crippen LogP contribution in [0.3, 0.4) is 0 Å². The van der Waals surface area contributed by atoms with E-state index in [1.165, 1.54) is 12.1 Å². The molecule has 1 aliphatic rings.